The van der Waals surface area contributed by atoms with Gasteiger partial charge >= 0.3 is 142 Å². The van der Waals surface area contributed by atoms with E-state index in [1.54, 1.807) is 21.1 Å². The predicted molar refractivity (Wildman–Crippen MR) is 84.0 cm³/mol. The number of hydrogen-bond donors (Lipinski definition) is 0. The van der Waals surface area contributed by atoms with Gasteiger partial charge in [-0.25, -0.2) is 0 Å². The molecule has 21 heavy (non-hydrogen) atoms. The van der Waals surface area contributed by atoms with Gasteiger partial charge < -0.3 is 0 Å². The fourth-order valence-electron chi connectivity index (χ4n) is 1.72. The van der Waals surface area contributed by atoms with Crippen LogP contribution in [0.2, 0.25) is 0 Å². The Morgan fingerprint density at radius 1 is 1.10 bits per heavy atom. The summed E-state index contributed by atoms with van der Waals surface area (Å²) in [4.78, 5) is 4.79. The van der Waals surface area contributed by atoms with Crippen LogP contribution < -0.4 is 0 Å². The number of ether oxygens (including phenoxy) is 2. The number of aliphatic imine (C=N–C) groups is 1. The molecule has 1 rings (SSSR count). The predicted octanol–water partition coefficient (Wildman–Crippen LogP) is 4.51. The summed E-state index contributed by atoms with van der Waals surface area (Å²) < 4.78 is 13.3. The van der Waals surface area contributed by atoms with Crippen molar-refractivity contribution in [3.05, 3.63) is 21.4 Å². The second-order valence-electron chi connectivity index (χ2n) is 6.53. The normalized spacial score (nSPS) is 20.5. The first-order valence-corrected chi connectivity index (χ1v) is 8.86. The van der Waals surface area contributed by atoms with Crippen LogP contribution >= 0.6 is 0 Å². The van der Waals surface area contributed by atoms with Gasteiger partial charge in [0.2, 0.25) is 0 Å². The molecule has 0 aromatic rings. The van der Waals surface area contributed by atoms with Gasteiger partial charge in [0.1, 0.15) is 0 Å². The summed E-state index contributed by atoms with van der Waals surface area (Å²) in [5.41, 5.74) is 0.891. The van der Waals surface area contributed by atoms with E-state index in [4.69, 9.17) is 14.5 Å². The zero-order valence-corrected chi connectivity index (χ0v) is 16.6. The summed E-state index contributed by atoms with van der Waals surface area (Å²) in [7, 11) is 0. The van der Waals surface area contributed by atoms with Gasteiger partial charge in [-0.1, -0.05) is 0 Å². The quantitative estimate of drug-likeness (QED) is 0.643. The number of rotatable bonds is 6. The first-order chi connectivity index (χ1) is 9.67. The summed E-state index contributed by atoms with van der Waals surface area (Å²) in [6.45, 7) is 14.7. The van der Waals surface area contributed by atoms with E-state index in [9.17, 15) is 0 Å². The SMILES string of the molecule is CCC(C)OC1=CC(=NC(C)(C)C)[C]([Nb])=C1OC(C)CC. The van der Waals surface area contributed by atoms with Gasteiger partial charge in [-0.05, 0) is 0 Å². The van der Waals surface area contributed by atoms with E-state index >= 15 is 0 Å². The van der Waals surface area contributed by atoms with Crippen LogP contribution in [-0.4, -0.2) is 23.5 Å². The van der Waals surface area contributed by atoms with Crippen LogP contribution in [0.3, 0.4) is 0 Å². The zero-order valence-electron chi connectivity index (χ0n) is 14.4. The van der Waals surface area contributed by atoms with Crippen molar-refractivity contribution in [2.45, 2.75) is 79.1 Å². The van der Waals surface area contributed by atoms with E-state index < -0.39 is 0 Å². The van der Waals surface area contributed by atoms with Gasteiger partial charge in [-0.15, -0.1) is 0 Å². The van der Waals surface area contributed by atoms with Crippen LogP contribution in [0.15, 0.2) is 26.4 Å². The molecule has 0 heterocycles. The first-order valence-electron chi connectivity index (χ1n) is 7.76. The standard InChI is InChI=1S/C17H28NO2.Nb/c1-8-12(3)19-15-10-14(18-17(5,6)7)11-16(15)20-13(4)9-2;/h10,12-13H,8-9H2,1-7H3;. The molecular formula is C17H28NNbO2. The summed E-state index contributed by atoms with van der Waals surface area (Å²) >= 11 is 1.64. The molecule has 0 saturated carbocycles. The van der Waals surface area contributed by atoms with Crippen LogP contribution in [0, 0.1) is 0 Å². The van der Waals surface area contributed by atoms with Crippen molar-refractivity contribution in [3.8, 4) is 0 Å². The van der Waals surface area contributed by atoms with Crippen LogP contribution in [-0.2, 0) is 30.5 Å². The molecule has 0 spiro atoms. The van der Waals surface area contributed by atoms with Gasteiger partial charge in [-0.3, -0.25) is 0 Å². The molecule has 118 valence electrons. The molecule has 0 aromatic heterocycles. The van der Waals surface area contributed by atoms with Crippen molar-refractivity contribution < 1.29 is 30.5 Å². The monoisotopic (exact) mass is 371 g/mol. The maximum atomic E-state index is 6.09. The Hall–Kier alpha value is -0.510. The zero-order chi connectivity index (χ0) is 16.2. The Bertz CT molecular complexity index is 458. The molecule has 1 aliphatic rings. The van der Waals surface area contributed by atoms with Crippen molar-refractivity contribution in [2.24, 2.45) is 4.99 Å². The number of hydrogen-bond acceptors (Lipinski definition) is 3. The molecule has 0 saturated heterocycles. The number of nitrogens with zero attached hydrogens (tertiary/aromatic N) is 1. The average molecular weight is 371 g/mol. The molecule has 0 aliphatic heterocycles. The van der Waals surface area contributed by atoms with Gasteiger partial charge in [-0.2, -0.15) is 0 Å². The first kappa shape index (κ1) is 18.5. The molecule has 4 heteroatoms. The van der Waals surface area contributed by atoms with Crippen LogP contribution in [0.1, 0.15) is 61.3 Å². The maximum absolute atomic E-state index is 6.09. The molecule has 2 unspecified atom stereocenters. The molecule has 0 radical (unpaired) electrons. The molecule has 0 N–H and O–H groups in total. The van der Waals surface area contributed by atoms with E-state index in [-0.39, 0.29) is 17.7 Å². The van der Waals surface area contributed by atoms with E-state index in [2.05, 4.69) is 48.5 Å². The summed E-state index contributed by atoms with van der Waals surface area (Å²) in [5, 5.41) is 0. The molecule has 0 aromatic carbocycles. The van der Waals surface area contributed by atoms with Crippen LogP contribution in [0.4, 0.5) is 0 Å². The van der Waals surface area contributed by atoms with Crippen molar-refractivity contribution in [1.82, 2.24) is 0 Å². The molecular weight excluding hydrogens is 343 g/mol. The second kappa shape index (κ2) is 7.66. The van der Waals surface area contributed by atoms with Gasteiger partial charge in [0, 0.05) is 0 Å². The Kier molecular flexibility index (Phi) is 6.76. The molecule has 0 fully saturated rings. The Morgan fingerprint density at radius 3 is 2.10 bits per heavy atom. The fourth-order valence-corrected chi connectivity index (χ4v) is 2.41. The van der Waals surface area contributed by atoms with Crippen molar-refractivity contribution >= 4 is 5.71 Å². The third kappa shape index (κ3) is 5.65. The Balaban J connectivity index is 3.12. The molecule has 0 bridgehead atoms. The van der Waals surface area contributed by atoms with Crippen molar-refractivity contribution in [3.63, 3.8) is 0 Å². The number of allylic oxidation sites excluding steroid dienone is 2. The van der Waals surface area contributed by atoms with Crippen LogP contribution in [0.5, 0.6) is 0 Å². The van der Waals surface area contributed by atoms with Crippen molar-refractivity contribution in [1.29, 1.82) is 0 Å². The second-order valence-corrected chi connectivity index (χ2v) is 7.63. The third-order valence-electron chi connectivity index (χ3n) is 3.20. The van der Waals surface area contributed by atoms with E-state index in [0.717, 1.165) is 33.9 Å². The minimum atomic E-state index is -0.103. The molecule has 2 atom stereocenters. The van der Waals surface area contributed by atoms with E-state index in [1.807, 2.05) is 6.08 Å². The minimum absolute atomic E-state index is 0.103. The molecule has 1 aliphatic carbocycles. The van der Waals surface area contributed by atoms with Crippen molar-refractivity contribution in [2.75, 3.05) is 0 Å². The topological polar surface area (TPSA) is 30.8 Å². The van der Waals surface area contributed by atoms with Crippen LogP contribution in [0.25, 0.3) is 0 Å². The summed E-state index contributed by atoms with van der Waals surface area (Å²) in [5.74, 6) is 1.71. The molecule has 3 nitrogen and oxygen atoms in total. The fraction of sp³-hybridized carbons (Fsp3) is 0.706. The average Bonchev–Trinajstić information content (AvgIpc) is 2.65. The van der Waals surface area contributed by atoms with Gasteiger partial charge in [0.15, 0.2) is 0 Å². The van der Waals surface area contributed by atoms with E-state index in [0.29, 0.717) is 0 Å². The summed E-state index contributed by atoms with van der Waals surface area (Å²) in [6.07, 6.45) is 4.34. The van der Waals surface area contributed by atoms with Gasteiger partial charge in [0.25, 0.3) is 0 Å². The third-order valence-corrected chi connectivity index (χ3v) is 4.26. The Morgan fingerprint density at radius 2 is 1.62 bits per heavy atom. The van der Waals surface area contributed by atoms with Gasteiger partial charge in [0.05, 0.1) is 0 Å². The summed E-state index contributed by atoms with van der Waals surface area (Å²) in [6, 6.07) is 0. The van der Waals surface area contributed by atoms with E-state index in [1.165, 1.54) is 0 Å². The Labute approximate surface area is 141 Å². The molecule has 0 amide bonds.